The third-order valence-corrected chi connectivity index (χ3v) is 3.25. The zero-order valence-corrected chi connectivity index (χ0v) is 7.37. The van der Waals surface area contributed by atoms with Gasteiger partial charge in [-0.1, -0.05) is 22.6 Å². The van der Waals surface area contributed by atoms with Gasteiger partial charge in [-0.05, 0) is 0 Å². The van der Waals surface area contributed by atoms with Gasteiger partial charge in [0.15, 0.2) is 6.17 Å². The molecule has 0 aromatic heterocycles. The van der Waals surface area contributed by atoms with Crippen LogP contribution in [0.1, 0.15) is 0 Å². The summed E-state index contributed by atoms with van der Waals surface area (Å²) in [5.41, 5.74) is 0. The summed E-state index contributed by atoms with van der Waals surface area (Å²) in [5.74, 6) is -3.63. The molecular formula is C5H6F3IO2. The number of hydrogen-bond acceptors (Lipinski definition) is 2. The highest BCUT2D eigenvalue weighted by molar-refractivity contribution is 14.1. The molecule has 1 rings (SSSR count). The van der Waals surface area contributed by atoms with Crippen LogP contribution in [0.4, 0.5) is 13.2 Å². The Balaban J connectivity index is 2.87. The summed E-state index contributed by atoms with van der Waals surface area (Å²) in [4.78, 5) is 0. The first-order valence-corrected chi connectivity index (χ1v) is 4.15. The van der Waals surface area contributed by atoms with Gasteiger partial charge < -0.3 is 10.2 Å². The molecule has 6 heteroatoms. The van der Waals surface area contributed by atoms with E-state index in [2.05, 4.69) is 0 Å². The molecule has 2 nitrogen and oxygen atoms in total. The van der Waals surface area contributed by atoms with Crippen molar-refractivity contribution in [3.63, 3.8) is 0 Å². The van der Waals surface area contributed by atoms with Crippen molar-refractivity contribution in [2.75, 3.05) is 0 Å². The Kier molecular flexibility index (Phi) is 2.37. The Morgan fingerprint density at radius 2 is 1.64 bits per heavy atom. The van der Waals surface area contributed by atoms with Crippen molar-refractivity contribution in [3.8, 4) is 0 Å². The number of rotatable bonds is 0. The van der Waals surface area contributed by atoms with E-state index >= 15 is 0 Å². The van der Waals surface area contributed by atoms with Crippen molar-refractivity contribution >= 4 is 22.6 Å². The van der Waals surface area contributed by atoms with Crippen molar-refractivity contribution in [2.45, 2.75) is 28.2 Å². The maximum Gasteiger partial charge on any atom is 0.295 e. The van der Waals surface area contributed by atoms with Crippen LogP contribution in [0.5, 0.6) is 0 Å². The van der Waals surface area contributed by atoms with Gasteiger partial charge in [0.05, 0.1) is 0 Å². The monoisotopic (exact) mass is 282 g/mol. The summed E-state index contributed by atoms with van der Waals surface area (Å²) in [7, 11) is 0. The van der Waals surface area contributed by atoms with Gasteiger partial charge in [0.1, 0.15) is 16.1 Å². The molecule has 1 fully saturated rings. The highest BCUT2D eigenvalue weighted by Gasteiger charge is 2.62. The molecule has 0 heterocycles. The van der Waals surface area contributed by atoms with Crippen molar-refractivity contribution in [2.24, 2.45) is 0 Å². The van der Waals surface area contributed by atoms with Gasteiger partial charge in [-0.3, -0.25) is 0 Å². The van der Waals surface area contributed by atoms with Gasteiger partial charge >= 0.3 is 0 Å². The van der Waals surface area contributed by atoms with E-state index < -0.39 is 28.2 Å². The molecule has 0 aromatic carbocycles. The van der Waals surface area contributed by atoms with Gasteiger partial charge in [-0.25, -0.2) is 13.2 Å². The van der Waals surface area contributed by atoms with Crippen LogP contribution < -0.4 is 0 Å². The highest BCUT2D eigenvalue weighted by Crippen LogP contribution is 2.42. The topological polar surface area (TPSA) is 40.5 Å². The minimum absolute atomic E-state index is 1.23. The zero-order chi connectivity index (χ0) is 8.81. The van der Waals surface area contributed by atoms with Crippen molar-refractivity contribution in [3.05, 3.63) is 0 Å². The quantitative estimate of drug-likeness (QED) is 0.502. The van der Waals surface area contributed by atoms with Gasteiger partial charge in [0.25, 0.3) is 5.92 Å². The Hall–Kier alpha value is 0.440. The molecule has 4 unspecified atom stereocenters. The maximum absolute atomic E-state index is 12.5. The lowest BCUT2D eigenvalue weighted by Crippen LogP contribution is -2.34. The van der Waals surface area contributed by atoms with Crippen LogP contribution in [0.15, 0.2) is 0 Å². The van der Waals surface area contributed by atoms with Gasteiger partial charge in [-0.15, -0.1) is 0 Å². The molecule has 0 aliphatic heterocycles. The lowest BCUT2D eigenvalue weighted by Gasteiger charge is -2.14. The maximum atomic E-state index is 12.5. The van der Waals surface area contributed by atoms with Crippen LogP contribution in [0, 0.1) is 0 Å². The molecule has 66 valence electrons. The second-order valence-electron chi connectivity index (χ2n) is 2.46. The molecule has 1 saturated carbocycles. The van der Waals surface area contributed by atoms with Crippen molar-refractivity contribution < 1.29 is 23.4 Å². The van der Waals surface area contributed by atoms with Gasteiger partial charge in [0.2, 0.25) is 0 Å². The van der Waals surface area contributed by atoms with Crippen molar-refractivity contribution in [1.82, 2.24) is 0 Å². The van der Waals surface area contributed by atoms with Crippen molar-refractivity contribution in [1.29, 1.82) is 0 Å². The summed E-state index contributed by atoms with van der Waals surface area (Å²) < 4.78 is 35.9. The van der Waals surface area contributed by atoms with E-state index in [-0.39, 0.29) is 0 Å². The molecule has 0 saturated heterocycles. The summed E-state index contributed by atoms with van der Waals surface area (Å²) in [6.45, 7) is 0. The predicted molar refractivity (Wildman–Crippen MR) is 39.7 cm³/mol. The molecule has 0 amide bonds. The summed E-state index contributed by atoms with van der Waals surface area (Å²) in [6, 6.07) is 0. The summed E-state index contributed by atoms with van der Waals surface area (Å²) >= 11 is 1.23. The second-order valence-corrected chi connectivity index (χ2v) is 3.80. The van der Waals surface area contributed by atoms with Gasteiger partial charge in [-0.2, -0.15) is 0 Å². The molecule has 0 bridgehead atoms. The molecule has 4 atom stereocenters. The van der Waals surface area contributed by atoms with Gasteiger partial charge in [0, 0.05) is 0 Å². The third kappa shape index (κ3) is 1.25. The molecule has 0 aromatic rings. The zero-order valence-electron chi connectivity index (χ0n) is 5.22. The third-order valence-electron chi connectivity index (χ3n) is 1.68. The van der Waals surface area contributed by atoms with Crippen LogP contribution in [-0.2, 0) is 0 Å². The van der Waals surface area contributed by atoms with E-state index in [1.54, 1.807) is 0 Å². The molecule has 1 aliphatic rings. The predicted octanol–water partition coefficient (Wildman–Crippen LogP) is 0.499. The standard InChI is InChI=1S/C5H6F3IO2/c6-3-1(10)2(11)4(9)5(3,7)8/h1-4,10-11H. The number of hydrogen-bond donors (Lipinski definition) is 2. The molecule has 11 heavy (non-hydrogen) atoms. The first-order valence-electron chi connectivity index (χ1n) is 2.91. The second kappa shape index (κ2) is 2.74. The minimum Gasteiger partial charge on any atom is -0.389 e. The van der Waals surface area contributed by atoms with Crippen LogP contribution in [0.25, 0.3) is 0 Å². The molecule has 0 spiro atoms. The fourth-order valence-electron chi connectivity index (χ4n) is 0.954. The lowest BCUT2D eigenvalue weighted by atomic mass is 10.2. The Bertz CT molecular complexity index is 150. The lowest BCUT2D eigenvalue weighted by molar-refractivity contribution is -0.0712. The number of halogens is 4. The van der Waals surface area contributed by atoms with E-state index in [4.69, 9.17) is 10.2 Å². The first kappa shape index (κ1) is 9.53. The summed E-state index contributed by atoms with van der Waals surface area (Å²) in [5, 5.41) is 17.5. The van der Waals surface area contributed by atoms with E-state index in [1.807, 2.05) is 0 Å². The first-order chi connectivity index (χ1) is 4.89. The largest absolute Gasteiger partial charge is 0.389 e. The average Bonchev–Trinajstić information content (AvgIpc) is 2.06. The van der Waals surface area contributed by atoms with Crippen LogP contribution in [-0.4, -0.2) is 38.4 Å². The highest BCUT2D eigenvalue weighted by atomic mass is 127. The average molecular weight is 282 g/mol. The summed E-state index contributed by atoms with van der Waals surface area (Å²) in [6.07, 6.45) is -6.30. The SMILES string of the molecule is OC1C(O)C(I)C(F)(F)C1F. The molecule has 1 aliphatic carbocycles. The Morgan fingerprint density at radius 1 is 1.18 bits per heavy atom. The van der Waals surface area contributed by atoms with E-state index in [1.165, 1.54) is 22.6 Å². The Morgan fingerprint density at radius 3 is 1.73 bits per heavy atom. The van der Waals surface area contributed by atoms with E-state index in [0.29, 0.717) is 0 Å². The molecule has 2 N–H and O–H groups in total. The molecule has 0 radical (unpaired) electrons. The fraction of sp³-hybridized carbons (Fsp3) is 1.00. The normalized spacial score (nSPS) is 49.6. The van der Waals surface area contributed by atoms with Crippen LogP contribution in [0.3, 0.4) is 0 Å². The van der Waals surface area contributed by atoms with Crippen LogP contribution in [0.2, 0.25) is 0 Å². The number of alkyl halides is 4. The number of aliphatic hydroxyl groups excluding tert-OH is 2. The van der Waals surface area contributed by atoms with E-state index in [9.17, 15) is 13.2 Å². The number of aliphatic hydroxyl groups is 2. The fourth-order valence-corrected chi connectivity index (χ4v) is 1.72. The minimum atomic E-state index is -3.63. The molecular weight excluding hydrogens is 276 g/mol. The smallest absolute Gasteiger partial charge is 0.295 e. The Labute approximate surface area is 74.5 Å². The van der Waals surface area contributed by atoms with Crippen LogP contribution >= 0.6 is 22.6 Å². The van der Waals surface area contributed by atoms with E-state index in [0.717, 1.165) is 0 Å².